The molecule has 1 rings (SSSR count). The number of rotatable bonds is 1. The molecule has 0 aliphatic carbocycles. The molecule has 2 N–H and O–H groups in total. The van der Waals surface area contributed by atoms with E-state index in [1.54, 1.807) is 0 Å². The first-order valence-electron chi connectivity index (χ1n) is 4.51. The van der Waals surface area contributed by atoms with Gasteiger partial charge in [0.15, 0.2) is 0 Å². The van der Waals surface area contributed by atoms with Crippen molar-refractivity contribution in [3.8, 4) is 0 Å². The van der Waals surface area contributed by atoms with E-state index in [-0.39, 0.29) is 13.9 Å². The van der Waals surface area contributed by atoms with E-state index in [0.29, 0.717) is 0 Å². The summed E-state index contributed by atoms with van der Waals surface area (Å²) in [6.07, 6.45) is 1.27. The molecular formula is C8H20N3P. The number of nitrogens with zero attached hydrogens (tertiary/aromatic N) is 1. The maximum Gasteiger partial charge on any atom is 0.114 e. The van der Waals surface area contributed by atoms with Crippen molar-refractivity contribution < 1.29 is 0 Å². The third-order valence-electron chi connectivity index (χ3n) is 1.70. The molecule has 0 bridgehead atoms. The number of hydrogen-bond acceptors (Lipinski definition) is 3. The Bertz CT molecular complexity index is 144. The third-order valence-corrected chi connectivity index (χ3v) is 3.99. The summed E-state index contributed by atoms with van der Waals surface area (Å²) < 4.78 is 2.38. The van der Waals surface area contributed by atoms with Crippen molar-refractivity contribution in [3.05, 3.63) is 0 Å². The average Bonchev–Trinajstić information content (AvgIpc) is 1.91. The number of nitrogens with one attached hydrogen (secondary N) is 2. The first kappa shape index (κ1) is 10.4. The third kappa shape index (κ3) is 3.36. The lowest BCUT2D eigenvalue weighted by molar-refractivity contribution is 0.445. The highest BCUT2D eigenvalue weighted by Crippen LogP contribution is 2.34. The lowest BCUT2D eigenvalue weighted by atomic mass is 10.1. The Hall–Kier alpha value is 0.310. The summed E-state index contributed by atoms with van der Waals surface area (Å²) in [5, 5.41) is 7.09. The summed E-state index contributed by atoms with van der Waals surface area (Å²) >= 11 is 0. The van der Waals surface area contributed by atoms with Crippen molar-refractivity contribution >= 4 is 8.37 Å². The zero-order valence-corrected chi connectivity index (χ0v) is 9.41. The molecule has 0 aromatic heterocycles. The molecule has 0 aromatic rings. The first-order valence-corrected chi connectivity index (χ1v) is 5.81. The van der Waals surface area contributed by atoms with Crippen molar-refractivity contribution in [2.24, 2.45) is 0 Å². The molecule has 12 heavy (non-hydrogen) atoms. The van der Waals surface area contributed by atoms with E-state index < -0.39 is 0 Å². The van der Waals surface area contributed by atoms with Gasteiger partial charge < -0.3 is 0 Å². The van der Waals surface area contributed by atoms with Crippen LogP contribution in [0.5, 0.6) is 0 Å². The smallest absolute Gasteiger partial charge is 0.114 e. The lowest BCUT2D eigenvalue weighted by Crippen LogP contribution is -2.43. The molecule has 4 heteroatoms. The molecule has 0 spiro atoms. The highest BCUT2D eigenvalue weighted by molar-refractivity contribution is 7.50. The standard InChI is InChI=1S/C8H20N3P/c1-8(2,3)10-12-9-6-5-7-11(12)4/h9-10H,5-7H2,1-4H3. The van der Waals surface area contributed by atoms with Gasteiger partial charge in [0, 0.05) is 18.6 Å². The van der Waals surface area contributed by atoms with Crippen LogP contribution in [0.1, 0.15) is 27.2 Å². The zero-order chi connectivity index (χ0) is 9.19. The van der Waals surface area contributed by atoms with Crippen LogP contribution < -0.4 is 10.2 Å². The van der Waals surface area contributed by atoms with Crippen LogP contribution in [0.15, 0.2) is 0 Å². The van der Waals surface area contributed by atoms with E-state index in [2.05, 4.69) is 42.7 Å². The van der Waals surface area contributed by atoms with Crippen LogP contribution in [0.25, 0.3) is 0 Å². The predicted molar refractivity (Wildman–Crippen MR) is 55.1 cm³/mol. The van der Waals surface area contributed by atoms with E-state index >= 15 is 0 Å². The maximum atomic E-state index is 3.59. The van der Waals surface area contributed by atoms with Gasteiger partial charge >= 0.3 is 0 Å². The largest absolute Gasteiger partial charge is 0.271 e. The van der Waals surface area contributed by atoms with E-state index in [4.69, 9.17) is 0 Å². The Morgan fingerprint density at radius 2 is 2.08 bits per heavy atom. The summed E-state index contributed by atoms with van der Waals surface area (Å²) in [5.74, 6) is 0. The molecule has 0 amide bonds. The Labute approximate surface area is 76.8 Å². The quantitative estimate of drug-likeness (QED) is 0.612. The van der Waals surface area contributed by atoms with E-state index in [1.165, 1.54) is 13.0 Å². The molecule has 3 nitrogen and oxygen atoms in total. The van der Waals surface area contributed by atoms with Crippen LogP contribution in [0, 0.1) is 0 Å². The summed E-state index contributed by atoms with van der Waals surface area (Å²) in [6.45, 7) is 8.99. The van der Waals surface area contributed by atoms with Crippen molar-refractivity contribution in [3.63, 3.8) is 0 Å². The van der Waals surface area contributed by atoms with Crippen molar-refractivity contribution in [1.29, 1.82) is 0 Å². The molecule has 72 valence electrons. The van der Waals surface area contributed by atoms with Gasteiger partial charge in [0.1, 0.15) is 8.37 Å². The predicted octanol–water partition coefficient (Wildman–Crippen LogP) is 1.53. The number of hydrogen-bond donors (Lipinski definition) is 2. The Balaban J connectivity index is 2.39. The fraction of sp³-hybridized carbons (Fsp3) is 1.00. The summed E-state index contributed by atoms with van der Waals surface area (Å²) in [5.41, 5.74) is 0.213. The van der Waals surface area contributed by atoms with Gasteiger partial charge in [-0.3, -0.25) is 14.8 Å². The van der Waals surface area contributed by atoms with Gasteiger partial charge in [0.05, 0.1) is 0 Å². The van der Waals surface area contributed by atoms with Crippen molar-refractivity contribution in [1.82, 2.24) is 14.8 Å². The Morgan fingerprint density at radius 3 is 2.58 bits per heavy atom. The fourth-order valence-corrected chi connectivity index (χ4v) is 2.99. The molecule has 1 heterocycles. The van der Waals surface area contributed by atoms with Crippen LogP contribution in [0.4, 0.5) is 0 Å². The van der Waals surface area contributed by atoms with Gasteiger partial charge in [-0.1, -0.05) is 0 Å². The summed E-state index contributed by atoms with van der Waals surface area (Å²) in [4.78, 5) is 0. The molecular weight excluding hydrogens is 169 g/mol. The molecule has 1 saturated heterocycles. The molecule has 1 aliphatic rings. The fourth-order valence-electron chi connectivity index (χ4n) is 1.16. The topological polar surface area (TPSA) is 27.3 Å². The summed E-state index contributed by atoms with van der Waals surface area (Å²) in [6, 6.07) is 0. The minimum Gasteiger partial charge on any atom is -0.271 e. The first-order chi connectivity index (χ1) is 5.49. The molecule has 0 radical (unpaired) electrons. The van der Waals surface area contributed by atoms with Gasteiger partial charge in [-0.25, -0.2) is 0 Å². The van der Waals surface area contributed by atoms with Crippen LogP contribution in [0.2, 0.25) is 0 Å². The van der Waals surface area contributed by atoms with Crippen molar-refractivity contribution in [2.75, 3.05) is 20.1 Å². The van der Waals surface area contributed by atoms with Gasteiger partial charge in [-0.15, -0.1) is 0 Å². The minimum atomic E-state index is -0.288. The second-order valence-electron chi connectivity index (χ2n) is 4.32. The zero-order valence-electron chi connectivity index (χ0n) is 8.52. The monoisotopic (exact) mass is 189 g/mol. The van der Waals surface area contributed by atoms with Crippen molar-refractivity contribution in [2.45, 2.75) is 32.7 Å². The second-order valence-corrected chi connectivity index (χ2v) is 6.16. The van der Waals surface area contributed by atoms with Crippen LogP contribution in [-0.2, 0) is 0 Å². The minimum absolute atomic E-state index is 0.213. The highest BCUT2D eigenvalue weighted by atomic mass is 31.1. The molecule has 1 aliphatic heterocycles. The maximum absolute atomic E-state index is 3.59. The lowest BCUT2D eigenvalue weighted by Gasteiger charge is -2.37. The summed E-state index contributed by atoms with van der Waals surface area (Å²) in [7, 11) is 1.89. The van der Waals surface area contributed by atoms with Crippen LogP contribution >= 0.6 is 8.37 Å². The van der Waals surface area contributed by atoms with E-state index in [1.807, 2.05) is 0 Å². The molecule has 1 atom stereocenters. The normalized spacial score (nSPS) is 27.5. The van der Waals surface area contributed by atoms with Gasteiger partial charge in [0.25, 0.3) is 0 Å². The van der Waals surface area contributed by atoms with E-state index in [9.17, 15) is 0 Å². The van der Waals surface area contributed by atoms with Gasteiger partial charge in [-0.05, 0) is 34.2 Å². The van der Waals surface area contributed by atoms with Gasteiger partial charge in [-0.2, -0.15) is 0 Å². The second kappa shape index (κ2) is 4.01. The SMILES string of the molecule is CN1CCCNP1NC(C)(C)C. The molecule has 1 unspecified atom stereocenters. The Kier molecular flexibility index (Phi) is 3.47. The average molecular weight is 189 g/mol. The van der Waals surface area contributed by atoms with E-state index in [0.717, 1.165) is 6.54 Å². The van der Waals surface area contributed by atoms with Crippen LogP contribution in [0.3, 0.4) is 0 Å². The highest BCUT2D eigenvalue weighted by Gasteiger charge is 2.22. The molecule has 0 saturated carbocycles. The Morgan fingerprint density at radius 1 is 1.42 bits per heavy atom. The van der Waals surface area contributed by atoms with Gasteiger partial charge in [0.2, 0.25) is 0 Å². The molecule has 0 aromatic carbocycles. The molecule has 1 fully saturated rings. The van der Waals surface area contributed by atoms with Crippen LogP contribution in [-0.4, -0.2) is 30.3 Å².